The molecular weight excluding hydrogens is 843 g/mol. The van der Waals surface area contributed by atoms with E-state index in [9.17, 15) is 14.4 Å². The summed E-state index contributed by atoms with van der Waals surface area (Å²) >= 11 is 7.00. The minimum absolute atomic E-state index is 0.155. The first kappa shape index (κ1) is 37.1. The quantitative estimate of drug-likeness (QED) is 0.126. The Morgan fingerprint density at radius 2 is 1.58 bits per heavy atom. The molecule has 0 aliphatic carbocycles. The molecule has 0 unspecified atom stereocenters. The predicted molar refractivity (Wildman–Crippen MR) is 200 cm³/mol. The van der Waals surface area contributed by atoms with E-state index < -0.39 is 12.0 Å². The molecule has 0 radical (unpaired) electrons. The van der Waals surface area contributed by atoms with E-state index in [0.29, 0.717) is 65.8 Å². The van der Waals surface area contributed by atoms with Crippen LogP contribution in [-0.2, 0) is 20.9 Å². The molecule has 0 saturated heterocycles. The van der Waals surface area contributed by atoms with Crippen LogP contribution in [0.5, 0.6) is 23.0 Å². The molecule has 50 heavy (non-hydrogen) atoms. The van der Waals surface area contributed by atoms with Crippen LogP contribution in [0.25, 0.3) is 6.08 Å². The summed E-state index contributed by atoms with van der Waals surface area (Å²) < 4.78 is 36.6. The molecular formula is C36H34BrIN2O9S. The Kier molecular flexibility index (Phi) is 12.1. The first-order valence-corrected chi connectivity index (χ1v) is 18.1. The van der Waals surface area contributed by atoms with Crippen LogP contribution in [0.15, 0.2) is 74.1 Å². The molecule has 1 aliphatic heterocycles. The number of benzene rings is 3. The summed E-state index contributed by atoms with van der Waals surface area (Å²) in [7, 11) is 4.60. The molecule has 3 aromatic carbocycles. The number of rotatable bonds is 12. The van der Waals surface area contributed by atoms with Gasteiger partial charge in [0.15, 0.2) is 27.8 Å². The first-order valence-electron chi connectivity index (χ1n) is 15.4. The minimum Gasteiger partial charge on any atom is -0.493 e. The van der Waals surface area contributed by atoms with Gasteiger partial charge in [-0.1, -0.05) is 39.4 Å². The maximum absolute atomic E-state index is 14.2. The predicted octanol–water partition coefficient (Wildman–Crippen LogP) is 5.95. The standard InChI is InChI=1S/C36H34BrIN2O9S/c1-7-47-34(42)22-11-9-20(10-12-22)18-49-32-25(38)13-21(14-28(32)46-6)15-29-33(41)40-31(23-16-26(44-4)27(45-5)17-24(23)37)30(35(43)48-8-2)19(3)39-36(40)50-29/h9-17,31H,7-8,18H2,1-6H3/b29-15-/t31-/m1/s1. The summed E-state index contributed by atoms with van der Waals surface area (Å²) in [6.45, 7) is 5.91. The van der Waals surface area contributed by atoms with Gasteiger partial charge in [-0.05, 0) is 103 Å². The van der Waals surface area contributed by atoms with Crippen molar-refractivity contribution in [2.75, 3.05) is 34.5 Å². The lowest BCUT2D eigenvalue weighted by Crippen LogP contribution is -2.40. The molecule has 4 aromatic rings. The highest BCUT2D eigenvalue weighted by Crippen LogP contribution is 2.41. The Labute approximate surface area is 314 Å². The third kappa shape index (κ3) is 7.61. The van der Waals surface area contributed by atoms with Gasteiger partial charge in [-0.25, -0.2) is 14.6 Å². The Balaban J connectivity index is 1.54. The van der Waals surface area contributed by atoms with Crippen molar-refractivity contribution < 1.29 is 38.0 Å². The van der Waals surface area contributed by atoms with Gasteiger partial charge in [0.25, 0.3) is 5.56 Å². The summed E-state index contributed by atoms with van der Waals surface area (Å²) in [6, 6.07) is 13.3. The molecule has 0 spiro atoms. The van der Waals surface area contributed by atoms with Gasteiger partial charge in [-0.2, -0.15) is 0 Å². The monoisotopic (exact) mass is 876 g/mol. The summed E-state index contributed by atoms with van der Waals surface area (Å²) in [5.41, 5.74) is 2.97. The van der Waals surface area contributed by atoms with Crippen molar-refractivity contribution in [2.45, 2.75) is 33.4 Å². The van der Waals surface area contributed by atoms with Crippen molar-refractivity contribution in [1.29, 1.82) is 0 Å². The number of fused-ring (bicyclic) bond motifs is 1. The van der Waals surface area contributed by atoms with E-state index in [2.05, 4.69) is 43.5 Å². The zero-order valence-electron chi connectivity index (χ0n) is 28.1. The molecule has 1 aliphatic rings. The fourth-order valence-corrected chi connectivity index (χ4v) is 7.75. The van der Waals surface area contributed by atoms with Crippen LogP contribution in [0, 0.1) is 3.57 Å². The molecule has 0 N–H and O–H groups in total. The Morgan fingerprint density at radius 3 is 2.22 bits per heavy atom. The maximum atomic E-state index is 14.2. The zero-order valence-corrected chi connectivity index (χ0v) is 32.7. The number of halogens is 2. The molecule has 0 amide bonds. The van der Waals surface area contributed by atoms with Crippen molar-refractivity contribution in [2.24, 2.45) is 4.99 Å². The number of aromatic nitrogens is 1. The number of thiazole rings is 1. The van der Waals surface area contributed by atoms with Gasteiger partial charge in [0.1, 0.15) is 6.61 Å². The Hall–Kier alpha value is -4.15. The number of hydrogen-bond donors (Lipinski definition) is 0. The Bertz CT molecular complexity index is 2160. The topological polar surface area (TPSA) is 124 Å². The van der Waals surface area contributed by atoms with Crippen molar-refractivity contribution in [3.05, 3.63) is 110 Å². The number of hydrogen-bond acceptors (Lipinski definition) is 11. The summed E-state index contributed by atoms with van der Waals surface area (Å²) in [6.07, 6.45) is 1.76. The number of carbonyl (C=O) groups is 2. The van der Waals surface area contributed by atoms with Crippen LogP contribution in [0.2, 0.25) is 0 Å². The van der Waals surface area contributed by atoms with Crippen LogP contribution in [0.3, 0.4) is 0 Å². The van der Waals surface area contributed by atoms with Crippen LogP contribution in [0.1, 0.15) is 53.9 Å². The molecule has 1 aromatic heterocycles. The molecule has 5 rings (SSSR count). The lowest BCUT2D eigenvalue weighted by atomic mass is 9.95. The van der Waals surface area contributed by atoms with Crippen LogP contribution < -0.4 is 33.8 Å². The van der Waals surface area contributed by atoms with Gasteiger partial charge in [0.05, 0.1) is 65.5 Å². The average Bonchev–Trinajstić information content (AvgIpc) is 3.40. The van der Waals surface area contributed by atoms with E-state index in [-0.39, 0.29) is 30.3 Å². The molecule has 262 valence electrons. The number of ether oxygens (including phenoxy) is 6. The van der Waals surface area contributed by atoms with Crippen LogP contribution >= 0.6 is 49.9 Å². The van der Waals surface area contributed by atoms with Gasteiger partial charge in [-0.3, -0.25) is 9.36 Å². The smallest absolute Gasteiger partial charge is 0.338 e. The van der Waals surface area contributed by atoms with E-state index in [4.69, 9.17) is 28.4 Å². The van der Waals surface area contributed by atoms with Crippen molar-refractivity contribution in [3.8, 4) is 23.0 Å². The first-order chi connectivity index (χ1) is 24.0. The molecule has 0 saturated carbocycles. The fourth-order valence-electron chi connectivity index (χ4n) is 5.39. The zero-order chi connectivity index (χ0) is 36.1. The van der Waals surface area contributed by atoms with E-state index >= 15 is 0 Å². The van der Waals surface area contributed by atoms with E-state index in [1.807, 2.05) is 18.2 Å². The number of allylic oxidation sites excluding steroid dienone is 1. The maximum Gasteiger partial charge on any atom is 0.338 e. The van der Waals surface area contributed by atoms with Gasteiger partial charge < -0.3 is 28.4 Å². The normalized spacial score (nSPS) is 14.1. The summed E-state index contributed by atoms with van der Waals surface area (Å²) in [5, 5.41) is 0. The highest BCUT2D eigenvalue weighted by atomic mass is 127. The second-order valence-corrected chi connectivity index (χ2v) is 13.8. The van der Waals surface area contributed by atoms with Crippen molar-refractivity contribution in [3.63, 3.8) is 0 Å². The third-order valence-corrected chi connectivity index (χ3v) is 10.2. The summed E-state index contributed by atoms with van der Waals surface area (Å²) in [4.78, 5) is 44.7. The SMILES string of the molecule is CCOC(=O)C1=C(C)N=c2s/c(=C\c3cc(I)c(OCc4ccc(C(=O)OCC)cc4)c(OC)c3)c(=O)n2[C@@H]1c1cc(OC)c(OC)cc1Br. The number of esters is 2. The largest absolute Gasteiger partial charge is 0.493 e. The van der Waals surface area contributed by atoms with Gasteiger partial charge >= 0.3 is 11.9 Å². The lowest BCUT2D eigenvalue weighted by Gasteiger charge is -2.26. The summed E-state index contributed by atoms with van der Waals surface area (Å²) in [5.74, 6) is 0.985. The molecule has 11 nitrogen and oxygen atoms in total. The molecule has 2 heterocycles. The highest BCUT2D eigenvalue weighted by molar-refractivity contribution is 14.1. The third-order valence-electron chi connectivity index (χ3n) is 7.71. The Morgan fingerprint density at radius 1 is 0.940 bits per heavy atom. The van der Waals surface area contributed by atoms with Gasteiger partial charge in [0.2, 0.25) is 0 Å². The lowest BCUT2D eigenvalue weighted by molar-refractivity contribution is -0.139. The number of methoxy groups -OCH3 is 3. The highest BCUT2D eigenvalue weighted by Gasteiger charge is 2.35. The average molecular weight is 878 g/mol. The van der Waals surface area contributed by atoms with Crippen LogP contribution in [-0.4, -0.2) is 51.0 Å². The second-order valence-electron chi connectivity index (χ2n) is 10.8. The van der Waals surface area contributed by atoms with E-state index in [0.717, 1.165) is 9.13 Å². The fraction of sp³-hybridized carbons (Fsp3) is 0.278. The number of carbonyl (C=O) groups excluding carboxylic acids is 2. The second kappa shape index (κ2) is 16.2. The molecule has 1 atom stereocenters. The molecule has 0 bridgehead atoms. The molecule has 14 heteroatoms. The van der Waals surface area contributed by atoms with Gasteiger partial charge in [-0.15, -0.1) is 0 Å². The van der Waals surface area contributed by atoms with E-state index in [1.165, 1.54) is 30.1 Å². The number of nitrogens with zero attached hydrogens (tertiary/aromatic N) is 2. The van der Waals surface area contributed by atoms with Crippen molar-refractivity contribution >= 4 is 67.9 Å². The molecule has 0 fully saturated rings. The van der Waals surface area contributed by atoms with E-state index in [1.54, 1.807) is 64.3 Å². The van der Waals surface area contributed by atoms with Crippen LogP contribution in [0.4, 0.5) is 0 Å². The minimum atomic E-state index is -0.863. The van der Waals surface area contributed by atoms with Gasteiger partial charge in [0, 0.05) is 4.47 Å². The van der Waals surface area contributed by atoms with Crippen molar-refractivity contribution in [1.82, 2.24) is 4.57 Å².